The predicted molar refractivity (Wildman–Crippen MR) is 62.4 cm³/mol. The van der Waals surface area contributed by atoms with Crippen LogP contribution in [0.3, 0.4) is 0 Å². The lowest BCUT2D eigenvalue weighted by atomic mass is 9.99. The van der Waals surface area contributed by atoms with E-state index in [4.69, 9.17) is 5.11 Å². The van der Waals surface area contributed by atoms with Gasteiger partial charge in [0, 0.05) is 24.2 Å². The van der Waals surface area contributed by atoms with Gasteiger partial charge in [-0.2, -0.15) is 0 Å². The molecule has 16 heavy (non-hydrogen) atoms. The van der Waals surface area contributed by atoms with Gasteiger partial charge in [-0.1, -0.05) is 6.92 Å². The summed E-state index contributed by atoms with van der Waals surface area (Å²) in [4.78, 5) is 17.6. The van der Waals surface area contributed by atoms with Crippen LogP contribution in [0.15, 0.2) is 5.38 Å². The van der Waals surface area contributed by atoms with Gasteiger partial charge >= 0.3 is 5.97 Å². The lowest BCUT2D eigenvalue weighted by molar-refractivity contribution is -0.142. The molecule has 1 aromatic heterocycles. The Labute approximate surface area is 98.9 Å². The smallest absolute Gasteiger partial charge is 0.308 e. The quantitative estimate of drug-likeness (QED) is 0.872. The van der Waals surface area contributed by atoms with Crippen LogP contribution in [0.5, 0.6) is 0 Å². The molecule has 1 fully saturated rings. The topological polar surface area (TPSA) is 53.4 Å². The minimum Gasteiger partial charge on any atom is -0.481 e. The van der Waals surface area contributed by atoms with Gasteiger partial charge in [0.1, 0.15) is 5.01 Å². The summed E-state index contributed by atoms with van der Waals surface area (Å²) in [5.41, 5.74) is 1.04. The van der Waals surface area contributed by atoms with Crippen LogP contribution in [0, 0.1) is 18.8 Å². The molecule has 4 nitrogen and oxygen atoms in total. The van der Waals surface area contributed by atoms with E-state index in [1.165, 1.54) is 0 Å². The predicted octanol–water partition coefficient (Wildman–Crippen LogP) is 1.60. The first-order valence-corrected chi connectivity index (χ1v) is 6.30. The fourth-order valence-electron chi connectivity index (χ4n) is 2.18. The number of hydrogen-bond donors (Lipinski definition) is 1. The highest BCUT2D eigenvalue weighted by Crippen LogP contribution is 2.25. The zero-order valence-corrected chi connectivity index (χ0v) is 10.3. The number of carbonyl (C=O) groups is 1. The number of thiazole rings is 1. The molecule has 0 aromatic carbocycles. The van der Waals surface area contributed by atoms with Crippen LogP contribution in [-0.4, -0.2) is 34.0 Å². The van der Waals surface area contributed by atoms with Crippen LogP contribution < -0.4 is 0 Å². The van der Waals surface area contributed by atoms with E-state index in [1.54, 1.807) is 11.3 Å². The molecular formula is C11H16N2O2S. The van der Waals surface area contributed by atoms with Crippen molar-refractivity contribution < 1.29 is 9.90 Å². The van der Waals surface area contributed by atoms with Crippen LogP contribution in [0.1, 0.15) is 17.6 Å². The normalized spacial score (nSPS) is 26.1. The molecular weight excluding hydrogens is 224 g/mol. The van der Waals surface area contributed by atoms with Crippen molar-refractivity contribution in [3.8, 4) is 0 Å². The second-order valence-corrected chi connectivity index (χ2v) is 5.44. The standard InChI is InChI=1S/C11H16N2O2S/c1-7-3-13(4-9(7)11(14)15)5-10-12-8(2)6-16-10/h6-7,9H,3-5H2,1-2H3,(H,14,15). The number of hydrogen-bond acceptors (Lipinski definition) is 4. The van der Waals surface area contributed by atoms with E-state index < -0.39 is 5.97 Å². The molecule has 1 aromatic rings. The number of aromatic nitrogens is 1. The number of aryl methyl sites for hydroxylation is 1. The Morgan fingerprint density at radius 2 is 2.44 bits per heavy atom. The second kappa shape index (κ2) is 4.51. The molecule has 0 aliphatic carbocycles. The number of likely N-dealkylation sites (tertiary alicyclic amines) is 1. The van der Waals surface area contributed by atoms with Gasteiger partial charge in [0.15, 0.2) is 0 Å². The maximum absolute atomic E-state index is 11.0. The van der Waals surface area contributed by atoms with Crippen LogP contribution in [-0.2, 0) is 11.3 Å². The molecule has 2 atom stereocenters. The minimum absolute atomic E-state index is 0.221. The zero-order valence-electron chi connectivity index (χ0n) is 9.51. The Balaban J connectivity index is 1.96. The van der Waals surface area contributed by atoms with Gasteiger partial charge in [-0.15, -0.1) is 11.3 Å². The number of aliphatic carboxylic acids is 1. The highest BCUT2D eigenvalue weighted by Gasteiger charge is 2.34. The molecule has 0 amide bonds. The van der Waals surface area contributed by atoms with Crippen molar-refractivity contribution in [2.45, 2.75) is 20.4 Å². The molecule has 0 spiro atoms. The van der Waals surface area contributed by atoms with Crippen molar-refractivity contribution in [1.29, 1.82) is 0 Å². The number of carboxylic acid groups (broad SMARTS) is 1. The molecule has 2 unspecified atom stereocenters. The summed E-state index contributed by atoms with van der Waals surface area (Å²) in [5, 5.41) is 12.1. The Bertz CT molecular complexity index is 391. The van der Waals surface area contributed by atoms with Gasteiger partial charge in [0.2, 0.25) is 0 Å². The monoisotopic (exact) mass is 240 g/mol. The number of carboxylic acids is 1. The summed E-state index contributed by atoms with van der Waals surface area (Å²) in [6.45, 7) is 6.27. The van der Waals surface area contributed by atoms with Crippen molar-refractivity contribution in [3.63, 3.8) is 0 Å². The Morgan fingerprint density at radius 3 is 2.94 bits per heavy atom. The first kappa shape index (κ1) is 11.5. The summed E-state index contributed by atoms with van der Waals surface area (Å²) >= 11 is 1.65. The van der Waals surface area contributed by atoms with Crippen molar-refractivity contribution in [2.75, 3.05) is 13.1 Å². The maximum Gasteiger partial charge on any atom is 0.308 e. The number of nitrogens with zero attached hydrogens (tertiary/aromatic N) is 2. The van der Waals surface area contributed by atoms with Gasteiger partial charge in [-0.3, -0.25) is 9.69 Å². The first-order valence-electron chi connectivity index (χ1n) is 5.42. The maximum atomic E-state index is 11.0. The molecule has 0 radical (unpaired) electrons. The van der Waals surface area contributed by atoms with Crippen LogP contribution in [0.25, 0.3) is 0 Å². The fourth-order valence-corrected chi connectivity index (χ4v) is 3.00. The van der Waals surface area contributed by atoms with Gasteiger partial charge in [0.05, 0.1) is 12.5 Å². The summed E-state index contributed by atoms with van der Waals surface area (Å²) < 4.78 is 0. The Morgan fingerprint density at radius 1 is 1.69 bits per heavy atom. The third kappa shape index (κ3) is 2.41. The summed E-state index contributed by atoms with van der Waals surface area (Å²) in [5.74, 6) is -0.662. The molecule has 1 saturated heterocycles. The molecule has 5 heteroatoms. The SMILES string of the molecule is Cc1csc(CN2CC(C)C(C(=O)O)C2)n1. The van der Waals surface area contributed by atoms with Crippen molar-refractivity contribution in [3.05, 3.63) is 16.1 Å². The lowest BCUT2D eigenvalue weighted by Crippen LogP contribution is -2.23. The van der Waals surface area contributed by atoms with E-state index in [-0.39, 0.29) is 11.8 Å². The number of rotatable bonds is 3. The zero-order chi connectivity index (χ0) is 11.7. The third-order valence-corrected chi connectivity index (χ3v) is 3.98. The molecule has 0 bridgehead atoms. The van der Waals surface area contributed by atoms with Crippen molar-refractivity contribution >= 4 is 17.3 Å². The minimum atomic E-state index is -0.676. The fraction of sp³-hybridized carbons (Fsp3) is 0.636. The largest absolute Gasteiger partial charge is 0.481 e. The van der Waals surface area contributed by atoms with E-state index in [0.717, 1.165) is 23.8 Å². The molecule has 88 valence electrons. The summed E-state index contributed by atoms with van der Waals surface area (Å²) in [6.07, 6.45) is 0. The molecule has 1 N–H and O–H groups in total. The van der Waals surface area contributed by atoms with E-state index in [2.05, 4.69) is 9.88 Å². The first-order chi connectivity index (χ1) is 7.56. The molecule has 1 aliphatic heterocycles. The highest BCUT2D eigenvalue weighted by molar-refractivity contribution is 7.09. The average molecular weight is 240 g/mol. The van der Waals surface area contributed by atoms with Gasteiger partial charge in [-0.25, -0.2) is 4.98 Å². The van der Waals surface area contributed by atoms with E-state index in [0.29, 0.717) is 6.54 Å². The van der Waals surface area contributed by atoms with Crippen LogP contribution >= 0.6 is 11.3 Å². The van der Waals surface area contributed by atoms with E-state index >= 15 is 0 Å². The van der Waals surface area contributed by atoms with E-state index in [9.17, 15) is 4.79 Å². The molecule has 0 saturated carbocycles. The van der Waals surface area contributed by atoms with Gasteiger partial charge in [0.25, 0.3) is 0 Å². The van der Waals surface area contributed by atoms with Gasteiger partial charge < -0.3 is 5.11 Å². The Hall–Kier alpha value is -0.940. The molecule has 1 aliphatic rings. The lowest BCUT2D eigenvalue weighted by Gasteiger charge is -2.12. The average Bonchev–Trinajstić information content (AvgIpc) is 2.73. The summed E-state index contributed by atoms with van der Waals surface area (Å²) in [7, 11) is 0. The van der Waals surface area contributed by atoms with Crippen molar-refractivity contribution in [1.82, 2.24) is 9.88 Å². The molecule has 2 heterocycles. The van der Waals surface area contributed by atoms with Crippen LogP contribution in [0.4, 0.5) is 0 Å². The molecule has 2 rings (SSSR count). The van der Waals surface area contributed by atoms with Gasteiger partial charge in [-0.05, 0) is 12.8 Å². The third-order valence-electron chi connectivity index (χ3n) is 3.03. The van der Waals surface area contributed by atoms with Crippen molar-refractivity contribution in [2.24, 2.45) is 11.8 Å². The Kier molecular flexibility index (Phi) is 3.25. The highest BCUT2D eigenvalue weighted by atomic mass is 32.1. The van der Waals surface area contributed by atoms with Crippen LogP contribution in [0.2, 0.25) is 0 Å². The van der Waals surface area contributed by atoms with E-state index in [1.807, 2.05) is 19.2 Å². The second-order valence-electron chi connectivity index (χ2n) is 4.50. The summed E-state index contributed by atoms with van der Waals surface area (Å²) in [6, 6.07) is 0.